The van der Waals surface area contributed by atoms with E-state index in [1.54, 1.807) is 0 Å². The Balaban J connectivity index is 1.67. The van der Waals surface area contributed by atoms with Crippen molar-refractivity contribution in [3.05, 3.63) is 23.0 Å². The van der Waals surface area contributed by atoms with Crippen molar-refractivity contribution in [1.29, 1.82) is 0 Å². The quantitative estimate of drug-likeness (QED) is 0.748. The molecule has 0 spiro atoms. The third-order valence-corrected chi connectivity index (χ3v) is 4.68. The maximum Gasteiger partial charge on any atom is 0.209 e. The summed E-state index contributed by atoms with van der Waals surface area (Å²) < 4.78 is 0. The number of carbonyl (C=O) groups excluding carboxylic acids is 1. The molecule has 4 nitrogen and oxygen atoms in total. The number of rotatable bonds is 8. The zero-order valence-electron chi connectivity index (χ0n) is 13.5. The van der Waals surface area contributed by atoms with Gasteiger partial charge in [-0.15, -0.1) is 0 Å². The Morgan fingerprint density at radius 3 is 2.62 bits per heavy atom. The van der Waals surface area contributed by atoms with E-state index in [0.717, 1.165) is 38.9 Å². The van der Waals surface area contributed by atoms with Crippen molar-refractivity contribution in [2.45, 2.75) is 46.0 Å². The Morgan fingerprint density at radius 2 is 2.00 bits per heavy atom. The van der Waals surface area contributed by atoms with Crippen LogP contribution >= 0.6 is 0 Å². The summed E-state index contributed by atoms with van der Waals surface area (Å²) in [5.74, 6) is 0. The van der Waals surface area contributed by atoms with E-state index >= 15 is 0 Å². The average Bonchev–Trinajstić information content (AvgIpc) is 2.83. The molecule has 118 valence electrons. The number of aryl methyl sites for hydroxylation is 2. The van der Waals surface area contributed by atoms with E-state index in [1.807, 2.05) is 4.90 Å². The number of hydrogen-bond acceptors (Lipinski definition) is 2. The molecule has 21 heavy (non-hydrogen) atoms. The molecule has 2 rings (SSSR count). The van der Waals surface area contributed by atoms with Gasteiger partial charge in [0.15, 0.2) is 0 Å². The molecule has 0 aliphatic carbocycles. The summed E-state index contributed by atoms with van der Waals surface area (Å²) in [5.41, 5.74) is 4.00. The van der Waals surface area contributed by atoms with E-state index in [9.17, 15) is 4.79 Å². The fourth-order valence-electron chi connectivity index (χ4n) is 3.04. The number of amides is 1. The highest BCUT2D eigenvalue weighted by atomic mass is 16.1. The van der Waals surface area contributed by atoms with Gasteiger partial charge in [-0.3, -0.25) is 4.79 Å². The number of carbonyl (C=O) groups is 1. The van der Waals surface area contributed by atoms with Crippen LogP contribution in [0.1, 0.15) is 42.5 Å². The van der Waals surface area contributed by atoms with Crippen LogP contribution in [0.3, 0.4) is 0 Å². The predicted octanol–water partition coefficient (Wildman–Crippen LogP) is 2.51. The standard InChI is InChI=1S/C17H29N3O/c1-15-13-18-17(16(15)2)7-6-10-20(14-21)12-11-19-8-4-3-5-9-19/h13-14,18H,3-12H2,1-2H3. The monoisotopic (exact) mass is 291 g/mol. The Morgan fingerprint density at radius 1 is 1.24 bits per heavy atom. The summed E-state index contributed by atoms with van der Waals surface area (Å²) in [7, 11) is 0. The molecule has 1 saturated heterocycles. The van der Waals surface area contributed by atoms with Gasteiger partial charge in [0, 0.05) is 31.5 Å². The molecule has 0 bridgehead atoms. The molecule has 1 N–H and O–H groups in total. The van der Waals surface area contributed by atoms with Crippen molar-refractivity contribution in [3.8, 4) is 0 Å². The SMILES string of the molecule is Cc1c[nH]c(CCCN(C=O)CCN2CCCCC2)c1C. The fraction of sp³-hybridized carbons (Fsp3) is 0.706. The number of aromatic nitrogens is 1. The van der Waals surface area contributed by atoms with E-state index in [4.69, 9.17) is 0 Å². The highest BCUT2D eigenvalue weighted by molar-refractivity contribution is 5.46. The summed E-state index contributed by atoms with van der Waals surface area (Å²) in [6.45, 7) is 9.45. The lowest BCUT2D eigenvalue weighted by atomic mass is 10.1. The number of aromatic amines is 1. The topological polar surface area (TPSA) is 39.3 Å². The highest BCUT2D eigenvalue weighted by Gasteiger charge is 2.11. The highest BCUT2D eigenvalue weighted by Crippen LogP contribution is 2.13. The van der Waals surface area contributed by atoms with Gasteiger partial charge in [0.1, 0.15) is 0 Å². The second kappa shape index (κ2) is 8.23. The van der Waals surface area contributed by atoms with E-state index in [-0.39, 0.29) is 0 Å². The number of piperidine rings is 1. The Bertz CT molecular complexity index is 435. The van der Waals surface area contributed by atoms with Gasteiger partial charge in [-0.2, -0.15) is 0 Å². The van der Waals surface area contributed by atoms with Crippen LogP contribution in [-0.2, 0) is 11.2 Å². The van der Waals surface area contributed by atoms with Crippen LogP contribution in [0.2, 0.25) is 0 Å². The molecule has 1 aromatic heterocycles. The lowest BCUT2D eigenvalue weighted by Crippen LogP contribution is -2.37. The van der Waals surface area contributed by atoms with Crippen LogP contribution in [0.25, 0.3) is 0 Å². The number of nitrogens with one attached hydrogen (secondary N) is 1. The molecule has 1 aliphatic heterocycles. The molecule has 4 heteroatoms. The zero-order chi connectivity index (χ0) is 15.1. The smallest absolute Gasteiger partial charge is 0.209 e. The van der Waals surface area contributed by atoms with Gasteiger partial charge >= 0.3 is 0 Å². The fourth-order valence-corrected chi connectivity index (χ4v) is 3.04. The maximum atomic E-state index is 11.2. The van der Waals surface area contributed by atoms with Gasteiger partial charge in [-0.1, -0.05) is 6.42 Å². The van der Waals surface area contributed by atoms with Crippen LogP contribution in [0.15, 0.2) is 6.20 Å². The third kappa shape index (κ3) is 4.88. The van der Waals surface area contributed by atoms with Crippen LogP contribution in [0.4, 0.5) is 0 Å². The van der Waals surface area contributed by atoms with Crippen molar-refractivity contribution in [3.63, 3.8) is 0 Å². The van der Waals surface area contributed by atoms with Crippen LogP contribution in [-0.4, -0.2) is 53.9 Å². The van der Waals surface area contributed by atoms with Gasteiger partial charge in [0.25, 0.3) is 0 Å². The molecule has 0 radical (unpaired) electrons. The third-order valence-electron chi connectivity index (χ3n) is 4.68. The van der Waals surface area contributed by atoms with E-state index < -0.39 is 0 Å². The number of hydrogen-bond donors (Lipinski definition) is 1. The van der Waals surface area contributed by atoms with Gasteiger partial charge in [0.05, 0.1) is 0 Å². The minimum Gasteiger partial charge on any atom is -0.364 e. The van der Waals surface area contributed by atoms with Gasteiger partial charge < -0.3 is 14.8 Å². The Hall–Kier alpha value is -1.29. The van der Waals surface area contributed by atoms with E-state index in [2.05, 4.69) is 29.9 Å². The number of H-pyrrole nitrogens is 1. The normalized spacial score (nSPS) is 16.1. The Labute approximate surface area is 128 Å². The second-order valence-corrected chi connectivity index (χ2v) is 6.22. The molecule has 0 atom stereocenters. The first-order valence-electron chi connectivity index (χ1n) is 8.26. The molecule has 1 aliphatic rings. The molecule has 1 amide bonds. The lowest BCUT2D eigenvalue weighted by molar-refractivity contribution is -0.118. The second-order valence-electron chi connectivity index (χ2n) is 6.22. The van der Waals surface area contributed by atoms with Crippen molar-refractivity contribution >= 4 is 6.41 Å². The van der Waals surface area contributed by atoms with Crippen molar-refractivity contribution < 1.29 is 4.79 Å². The largest absolute Gasteiger partial charge is 0.364 e. The first kappa shape index (κ1) is 16.1. The van der Waals surface area contributed by atoms with Crippen LogP contribution in [0.5, 0.6) is 0 Å². The van der Waals surface area contributed by atoms with E-state index in [0.29, 0.717) is 0 Å². The van der Waals surface area contributed by atoms with Gasteiger partial charge in [0.2, 0.25) is 6.41 Å². The molecular weight excluding hydrogens is 262 g/mol. The zero-order valence-corrected chi connectivity index (χ0v) is 13.5. The Kier molecular flexibility index (Phi) is 6.30. The van der Waals surface area contributed by atoms with Crippen molar-refractivity contribution in [2.24, 2.45) is 0 Å². The minimum absolute atomic E-state index is 0.856. The number of nitrogens with zero attached hydrogens (tertiary/aromatic N) is 2. The first-order chi connectivity index (χ1) is 10.2. The first-order valence-corrected chi connectivity index (χ1v) is 8.26. The molecule has 0 aromatic carbocycles. The maximum absolute atomic E-state index is 11.2. The van der Waals surface area contributed by atoms with Gasteiger partial charge in [-0.05, 0) is 63.7 Å². The predicted molar refractivity (Wildman–Crippen MR) is 86.5 cm³/mol. The summed E-state index contributed by atoms with van der Waals surface area (Å²) in [6, 6.07) is 0. The summed E-state index contributed by atoms with van der Waals surface area (Å²) in [5, 5.41) is 0. The molecule has 0 unspecified atom stereocenters. The minimum atomic E-state index is 0.856. The lowest BCUT2D eigenvalue weighted by Gasteiger charge is -2.28. The summed E-state index contributed by atoms with van der Waals surface area (Å²) >= 11 is 0. The molecule has 0 saturated carbocycles. The molecule has 2 heterocycles. The summed E-state index contributed by atoms with van der Waals surface area (Å²) in [4.78, 5) is 18.9. The summed E-state index contributed by atoms with van der Waals surface area (Å²) in [6.07, 6.45) is 9.12. The van der Waals surface area contributed by atoms with Crippen LogP contribution < -0.4 is 0 Å². The van der Waals surface area contributed by atoms with Crippen molar-refractivity contribution in [2.75, 3.05) is 32.7 Å². The number of likely N-dealkylation sites (tertiary alicyclic amines) is 1. The van der Waals surface area contributed by atoms with E-state index in [1.165, 1.54) is 49.2 Å². The van der Waals surface area contributed by atoms with Crippen LogP contribution in [0, 0.1) is 13.8 Å². The molecule has 1 fully saturated rings. The van der Waals surface area contributed by atoms with Gasteiger partial charge in [-0.25, -0.2) is 0 Å². The molecular formula is C17H29N3O. The van der Waals surface area contributed by atoms with Crippen molar-refractivity contribution in [1.82, 2.24) is 14.8 Å². The average molecular weight is 291 g/mol. The molecule has 1 aromatic rings.